The van der Waals surface area contributed by atoms with Crippen molar-refractivity contribution < 1.29 is 9.53 Å². The number of ether oxygens (including phenoxy) is 1. The number of benzene rings is 3. The molecule has 1 heterocycles. The molecule has 0 radical (unpaired) electrons. The molecule has 1 aliphatic heterocycles. The molecule has 0 spiro atoms. The molecule has 0 bridgehead atoms. The fourth-order valence-corrected chi connectivity index (χ4v) is 3.95. The van der Waals surface area contributed by atoms with Crippen molar-refractivity contribution in [3.05, 3.63) is 76.8 Å². The first-order valence-electron chi connectivity index (χ1n) is 10.6. The summed E-state index contributed by atoms with van der Waals surface area (Å²) < 4.78 is 5.58. The first-order chi connectivity index (χ1) is 15.6. The first kappa shape index (κ1) is 22.0. The average molecular weight is 451 g/mol. The molecule has 166 valence electrons. The summed E-state index contributed by atoms with van der Waals surface area (Å²) in [6.45, 7) is 5.74. The highest BCUT2D eigenvalue weighted by molar-refractivity contribution is 6.31. The number of anilines is 4. The summed E-state index contributed by atoms with van der Waals surface area (Å²) in [5.74, 6) is 0.409. The molecule has 3 aromatic rings. The minimum atomic E-state index is -0.221. The van der Waals surface area contributed by atoms with Crippen LogP contribution in [0.25, 0.3) is 0 Å². The topological polar surface area (TPSA) is 65.6 Å². The number of nitrogens with one attached hydrogen (secondary N) is 3. The zero-order valence-electron chi connectivity index (χ0n) is 18.2. The van der Waals surface area contributed by atoms with E-state index in [0.717, 1.165) is 43.1 Å². The van der Waals surface area contributed by atoms with E-state index in [0.29, 0.717) is 27.7 Å². The number of amides is 1. The summed E-state index contributed by atoms with van der Waals surface area (Å²) in [5.41, 5.74) is 4.72. The zero-order chi connectivity index (χ0) is 22.5. The number of hydrogen-bond acceptors (Lipinski definition) is 5. The Kier molecular flexibility index (Phi) is 6.83. The van der Waals surface area contributed by atoms with Gasteiger partial charge in [0.05, 0.1) is 24.0 Å². The van der Waals surface area contributed by atoms with Gasteiger partial charge in [0.1, 0.15) is 5.75 Å². The van der Waals surface area contributed by atoms with Gasteiger partial charge in [-0.15, -0.1) is 0 Å². The van der Waals surface area contributed by atoms with Crippen molar-refractivity contribution >= 4 is 40.3 Å². The lowest BCUT2D eigenvalue weighted by Gasteiger charge is -2.30. The smallest absolute Gasteiger partial charge is 0.257 e. The number of carbonyl (C=O) groups excluding carboxylic acids is 1. The van der Waals surface area contributed by atoms with Crippen LogP contribution in [0.4, 0.5) is 22.7 Å². The van der Waals surface area contributed by atoms with Gasteiger partial charge in [-0.25, -0.2) is 0 Å². The van der Waals surface area contributed by atoms with Crippen LogP contribution in [0.1, 0.15) is 15.9 Å². The number of carbonyl (C=O) groups is 1. The van der Waals surface area contributed by atoms with Gasteiger partial charge in [-0.3, -0.25) is 4.79 Å². The highest BCUT2D eigenvalue weighted by atomic mass is 35.5. The van der Waals surface area contributed by atoms with Gasteiger partial charge in [-0.2, -0.15) is 0 Å². The Morgan fingerprint density at radius 2 is 1.75 bits per heavy atom. The van der Waals surface area contributed by atoms with Crippen LogP contribution < -0.4 is 25.6 Å². The number of halogens is 1. The predicted octanol–water partition coefficient (Wildman–Crippen LogP) is 5.06. The van der Waals surface area contributed by atoms with Crippen molar-refractivity contribution in [2.24, 2.45) is 0 Å². The van der Waals surface area contributed by atoms with E-state index in [9.17, 15) is 4.79 Å². The molecule has 4 rings (SSSR count). The number of nitrogens with zero attached hydrogens (tertiary/aromatic N) is 1. The van der Waals surface area contributed by atoms with Gasteiger partial charge in [-0.1, -0.05) is 29.8 Å². The Bertz CT molecular complexity index is 1110. The quantitative estimate of drug-likeness (QED) is 0.489. The normalized spacial score (nSPS) is 13.5. The molecule has 7 heteroatoms. The Morgan fingerprint density at radius 1 is 1.00 bits per heavy atom. The van der Waals surface area contributed by atoms with E-state index in [1.54, 1.807) is 13.2 Å². The maximum Gasteiger partial charge on any atom is 0.257 e. The van der Waals surface area contributed by atoms with Crippen molar-refractivity contribution in [3.8, 4) is 5.75 Å². The molecule has 1 saturated heterocycles. The molecule has 3 N–H and O–H groups in total. The predicted molar refractivity (Wildman–Crippen MR) is 132 cm³/mol. The van der Waals surface area contributed by atoms with E-state index >= 15 is 0 Å². The van der Waals surface area contributed by atoms with Crippen molar-refractivity contribution in [1.82, 2.24) is 5.32 Å². The summed E-state index contributed by atoms with van der Waals surface area (Å²) in [6.07, 6.45) is 0. The Hall–Kier alpha value is -3.22. The lowest BCUT2D eigenvalue weighted by molar-refractivity contribution is 0.102. The van der Waals surface area contributed by atoms with Crippen LogP contribution in [-0.2, 0) is 0 Å². The third-order valence-electron chi connectivity index (χ3n) is 5.62. The monoisotopic (exact) mass is 450 g/mol. The molecule has 6 nitrogen and oxygen atoms in total. The van der Waals surface area contributed by atoms with Gasteiger partial charge in [0.2, 0.25) is 0 Å². The van der Waals surface area contributed by atoms with Crippen LogP contribution in [0.3, 0.4) is 0 Å². The van der Waals surface area contributed by atoms with Crippen molar-refractivity contribution in [2.75, 3.05) is 48.8 Å². The highest BCUT2D eigenvalue weighted by Gasteiger charge is 2.17. The second kappa shape index (κ2) is 9.94. The van der Waals surface area contributed by atoms with E-state index in [-0.39, 0.29) is 5.91 Å². The standard InChI is InChI=1S/C25H27ClN4O2/c1-17-20(26)7-5-9-21(17)28-22-8-4-3-6-19(22)25(31)29-23-11-10-18(16-24(23)32-2)30-14-12-27-13-15-30/h3-11,16,27-28H,12-15H2,1-2H3,(H,29,31). The number of rotatable bonds is 6. The second-order valence-corrected chi connectivity index (χ2v) is 8.07. The molecule has 1 aliphatic rings. The minimum absolute atomic E-state index is 0.221. The third kappa shape index (κ3) is 4.82. The van der Waals surface area contributed by atoms with Crippen molar-refractivity contribution in [1.29, 1.82) is 0 Å². The van der Waals surface area contributed by atoms with Gasteiger partial charge < -0.3 is 25.6 Å². The molecule has 1 amide bonds. The highest BCUT2D eigenvalue weighted by Crippen LogP contribution is 2.32. The third-order valence-corrected chi connectivity index (χ3v) is 6.03. The molecule has 1 fully saturated rings. The van der Waals surface area contributed by atoms with Crippen LogP contribution in [-0.4, -0.2) is 39.2 Å². The SMILES string of the molecule is COc1cc(N2CCNCC2)ccc1NC(=O)c1ccccc1Nc1cccc(Cl)c1C. The molecule has 3 aromatic carbocycles. The van der Waals surface area contributed by atoms with E-state index < -0.39 is 0 Å². The lowest BCUT2D eigenvalue weighted by Crippen LogP contribution is -2.43. The molecular weight excluding hydrogens is 424 g/mol. The fraction of sp³-hybridized carbons (Fsp3) is 0.240. The summed E-state index contributed by atoms with van der Waals surface area (Å²) >= 11 is 6.25. The van der Waals surface area contributed by atoms with Gasteiger partial charge in [-0.05, 0) is 48.9 Å². The molecule has 0 aromatic heterocycles. The second-order valence-electron chi connectivity index (χ2n) is 7.66. The summed E-state index contributed by atoms with van der Waals surface area (Å²) in [6, 6.07) is 18.9. The molecule has 0 atom stereocenters. The van der Waals surface area contributed by atoms with E-state index in [2.05, 4.69) is 20.9 Å². The van der Waals surface area contributed by atoms with Gasteiger partial charge in [0.25, 0.3) is 5.91 Å². The van der Waals surface area contributed by atoms with Crippen molar-refractivity contribution in [2.45, 2.75) is 6.92 Å². The Labute approximate surface area is 193 Å². The van der Waals surface area contributed by atoms with Gasteiger partial charge in [0.15, 0.2) is 0 Å². The molecule has 0 unspecified atom stereocenters. The van der Waals surface area contributed by atoms with E-state index in [4.69, 9.17) is 16.3 Å². The van der Waals surface area contributed by atoms with Gasteiger partial charge >= 0.3 is 0 Å². The van der Waals surface area contributed by atoms with Crippen molar-refractivity contribution in [3.63, 3.8) is 0 Å². The van der Waals surface area contributed by atoms with Crippen LogP contribution in [0.2, 0.25) is 5.02 Å². The Morgan fingerprint density at radius 3 is 2.53 bits per heavy atom. The number of hydrogen-bond donors (Lipinski definition) is 3. The van der Waals surface area contributed by atoms with Crippen LogP contribution in [0.5, 0.6) is 5.75 Å². The average Bonchev–Trinajstić information content (AvgIpc) is 2.83. The van der Waals surface area contributed by atoms with Crippen LogP contribution in [0, 0.1) is 6.92 Å². The van der Waals surface area contributed by atoms with E-state index in [1.165, 1.54) is 0 Å². The Balaban J connectivity index is 1.56. The summed E-state index contributed by atoms with van der Waals surface area (Å²) in [5, 5.41) is 10.4. The minimum Gasteiger partial charge on any atom is -0.494 e. The molecular formula is C25H27ClN4O2. The maximum atomic E-state index is 13.2. The molecule has 0 saturated carbocycles. The zero-order valence-corrected chi connectivity index (χ0v) is 19.0. The number of para-hydroxylation sites is 1. The number of methoxy groups -OCH3 is 1. The summed E-state index contributed by atoms with van der Waals surface area (Å²) in [4.78, 5) is 15.5. The van der Waals surface area contributed by atoms with Crippen LogP contribution >= 0.6 is 11.6 Å². The summed E-state index contributed by atoms with van der Waals surface area (Å²) in [7, 11) is 1.62. The van der Waals surface area contributed by atoms with E-state index in [1.807, 2.05) is 61.5 Å². The number of piperazine rings is 1. The fourth-order valence-electron chi connectivity index (χ4n) is 3.77. The van der Waals surface area contributed by atoms with Crippen LogP contribution in [0.15, 0.2) is 60.7 Å². The maximum absolute atomic E-state index is 13.2. The molecule has 32 heavy (non-hydrogen) atoms. The lowest BCUT2D eigenvalue weighted by atomic mass is 10.1. The first-order valence-corrected chi connectivity index (χ1v) is 11.0. The largest absolute Gasteiger partial charge is 0.494 e. The molecule has 0 aliphatic carbocycles. The van der Waals surface area contributed by atoms with Gasteiger partial charge in [0, 0.05) is 48.6 Å².